The highest BCUT2D eigenvalue weighted by molar-refractivity contribution is 6.19. The van der Waals surface area contributed by atoms with Crippen LogP contribution >= 0.6 is 0 Å². The van der Waals surface area contributed by atoms with Crippen molar-refractivity contribution < 1.29 is 19.2 Å². The summed E-state index contributed by atoms with van der Waals surface area (Å²) in [6.07, 6.45) is -0.801. The third-order valence-corrected chi connectivity index (χ3v) is 2.12. The van der Waals surface area contributed by atoms with Gasteiger partial charge in [-0.3, -0.25) is 14.5 Å². The number of ketones is 1. The standard InChI is InChI=1S/C9H11N3O2/c1-5-7(13)6-8(10-4-11(6)2)12(3)9(5)14/h4-5H,1-3H3/i2D3,3D3,4D. The first-order valence-corrected chi connectivity index (χ1v) is 3.85. The Kier molecular flexibility index (Phi) is 0.732. The molecule has 0 aliphatic carbocycles. The highest BCUT2D eigenvalue weighted by atomic mass is 16.2. The Hall–Kier alpha value is -1.65. The van der Waals surface area contributed by atoms with Gasteiger partial charge in [0.05, 0.1) is 6.30 Å². The van der Waals surface area contributed by atoms with Gasteiger partial charge in [0.2, 0.25) is 5.91 Å². The van der Waals surface area contributed by atoms with Crippen LogP contribution in [0, 0.1) is 5.92 Å². The van der Waals surface area contributed by atoms with Gasteiger partial charge in [-0.2, -0.15) is 0 Å². The molecule has 1 unspecified atom stereocenters. The fraction of sp³-hybridized carbons (Fsp3) is 0.444. The van der Waals surface area contributed by atoms with Crippen molar-refractivity contribution >= 4 is 17.5 Å². The van der Waals surface area contributed by atoms with Crippen LogP contribution in [-0.2, 0) is 11.8 Å². The summed E-state index contributed by atoms with van der Waals surface area (Å²) in [7, 11) is 0. The number of carbonyl (C=O) groups excluding carboxylic acids is 2. The molecule has 0 aromatic carbocycles. The zero-order valence-corrected chi connectivity index (χ0v) is 7.24. The number of carbonyl (C=O) groups is 2. The fourth-order valence-electron chi connectivity index (χ4n) is 1.29. The number of fused-ring (bicyclic) bond motifs is 1. The lowest BCUT2D eigenvalue weighted by Crippen LogP contribution is -2.41. The Labute approximate surface area is 91.2 Å². The van der Waals surface area contributed by atoms with Crippen molar-refractivity contribution in [3.63, 3.8) is 0 Å². The molecule has 0 bridgehead atoms. The van der Waals surface area contributed by atoms with E-state index in [0.29, 0.717) is 9.47 Å². The quantitative estimate of drug-likeness (QED) is 0.563. The van der Waals surface area contributed by atoms with Crippen molar-refractivity contribution in [2.45, 2.75) is 6.92 Å². The number of hydrogen-bond acceptors (Lipinski definition) is 3. The molecule has 5 heteroatoms. The average Bonchev–Trinajstić information content (AvgIpc) is 2.61. The summed E-state index contributed by atoms with van der Waals surface area (Å²) >= 11 is 0. The number of nitrogens with zero attached hydrogens (tertiary/aromatic N) is 3. The maximum absolute atomic E-state index is 12.2. The van der Waals surface area contributed by atoms with Crippen LogP contribution in [0.15, 0.2) is 6.30 Å². The number of rotatable bonds is 0. The second-order valence-electron chi connectivity index (χ2n) is 2.98. The largest absolute Gasteiger partial charge is 0.329 e. The van der Waals surface area contributed by atoms with Crippen LogP contribution in [-0.4, -0.2) is 28.2 Å². The summed E-state index contributed by atoms with van der Waals surface area (Å²) in [5, 5.41) is 0. The van der Waals surface area contributed by atoms with E-state index in [0.717, 1.165) is 0 Å². The van der Waals surface area contributed by atoms with E-state index in [2.05, 4.69) is 4.98 Å². The lowest BCUT2D eigenvalue weighted by atomic mass is 9.98. The van der Waals surface area contributed by atoms with Crippen LogP contribution in [0.25, 0.3) is 0 Å². The zero-order chi connectivity index (χ0) is 16.3. The van der Waals surface area contributed by atoms with Gasteiger partial charge >= 0.3 is 0 Å². The van der Waals surface area contributed by atoms with E-state index in [1.807, 2.05) is 0 Å². The van der Waals surface area contributed by atoms with E-state index < -0.39 is 49.4 Å². The monoisotopic (exact) mass is 200 g/mol. The molecule has 0 spiro atoms. The van der Waals surface area contributed by atoms with Crippen LogP contribution in [0.2, 0.25) is 0 Å². The van der Waals surface area contributed by atoms with Gasteiger partial charge in [-0.15, -0.1) is 0 Å². The van der Waals surface area contributed by atoms with Crippen molar-refractivity contribution in [2.75, 3.05) is 11.9 Å². The third-order valence-electron chi connectivity index (χ3n) is 2.12. The molecule has 0 saturated heterocycles. The number of amides is 1. The second-order valence-corrected chi connectivity index (χ2v) is 2.98. The SMILES string of the molecule is [2H]c1nc2c(n1C([2H])([2H])[2H])C(=O)C(C)C(=O)N2C([2H])([2H])[2H]. The van der Waals surface area contributed by atoms with E-state index in [1.54, 1.807) is 0 Å². The first kappa shape index (κ1) is 3.84. The van der Waals surface area contributed by atoms with Gasteiger partial charge in [0.1, 0.15) is 13.0 Å². The smallest absolute Gasteiger partial charge is 0.238 e. The molecule has 1 amide bonds. The van der Waals surface area contributed by atoms with E-state index in [4.69, 9.17) is 9.60 Å². The molecule has 0 radical (unpaired) electrons. The molecular formula is C9H11N3O2. The summed E-state index contributed by atoms with van der Waals surface area (Å²) in [6.45, 7) is -4.62. The lowest BCUT2D eigenvalue weighted by Gasteiger charge is -2.25. The Bertz CT molecular complexity index is 631. The molecule has 0 fully saturated rings. The molecule has 0 saturated carbocycles. The number of imidazole rings is 1. The minimum atomic E-state index is -2.93. The summed E-state index contributed by atoms with van der Waals surface area (Å²) in [6, 6.07) is 0. The Morgan fingerprint density at radius 1 is 1.57 bits per heavy atom. The van der Waals surface area contributed by atoms with Gasteiger partial charge in [-0.1, -0.05) is 0 Å². The summed E-state index contributed by atoms with van der Waals surface area (Å²) in [5.74, 6) is -3.82. The highest BCUT2D eigenvalue weighted by Gasteiger charge is 2.37. The minimum absolute atomic E-state index is 0.300. The molecule has 1 aliphatic heterocycles. The molecule has 5 nitrogen and oxygen atoms in total. The first-order chi connectivity index (χ1) is 9.37. The van der Waals surface area contributed by atoms with Crippen molar-refractivity contribution in [2.24, 2.45) is 12.9 Å². The number of anilines is 1. The molecule has 1 aliphatic rings. The Morgan fingerprint density at radius 3 is 3.00 bits per heavy atom. The predicted molar refractivity (Wildman–Crippen MR) is 50.1 cm³/mol. The molecule has 14 heavy (non-hydrogen) atoms. The number of aromatic nitrogens is 2. The molecule has 74 valence electrons. The van der Waals surface area contributed by atoms with Crippen molar-refractivity contribution in [3.8, 4) is 0 Å². The molecule has 2 heterocycles. The van der Waals surface area contributed by atoms with Crippen LogP contribution in [0.3, 0.4) is 0 Å². The average molecular weight is 200 g/mol. The van der Waals surface area contributed by atoms with Crippen LogP contribution in [0.1, 0.15) is 27.0 Å². The molecule has 1 aromatic rings. The van der Waals surface area contributed by atoms with E-state index in [-0.39, 0.29) is 0 Å². The van der Waals surface area contributed by atoms with Crippen LogP contribution in [0.5, 0.6) is 0 Å². The molecule has 2 rings (SSSR count). The zero-order valence-electron chi connectivity index (χ0n) is 14.2. The normalized spacial score (nSPS) is 30.5. The molecule has 0 N–H and O–H groups in total. The summed E-state index contributed by atoms with van der Waals surface area (Å²) in [4.78, 5) is 28.0. The van der Waals surface area contributed by atoms with Gasteiger partial charge < -0.3 is 4.57 Å². The van der Waals surface area contributed by atoms with Crippen molar-refractivity contribution in [1.82, 2.24) is 9.55 Å². The van der Waals surface area contributed by atoms with Crippen LogP contribution in [0.4, 0.5) is 5.82 Å². The van der Waals surface area contributed by atoms with Gasteiger partial charge in [0.15, 0.2) is 11.6 Å². The van der Waals surface area contributed by atoms with Crippen LogP contribution < -0.4 is 4.90 Å². The fourth-order valence-corrected chi connectivity index (χ4v) is 1.29. The molecule has 1 aromatic heterocycles. The first-order valence-electron chi connectivity index (χ1n) is 7.35. The maximum Gasteiger partial charge on any atom is 0.238 e. The maximum atomic E-state index is 12.2. The Balaban J connectivity index is 2.81. The number of hydrogen-bond donors (Lipinski definition) is 0. The second kappa shape index (κ2) is 2.67. The van der Waals surface area contributed by atoms with E-state index in [9.17, 15) is 9.59 Å². The predicted octanol–water partition coefficient (Wildman–Crippen LogP) is 0.215. The van der Waals surface area contributed by atoms with E-state index in [1.165, 1.54) is 6.92 Å². The number of Topliss-reactive ketones (excluding diaryl/α,β-unsaturated/α-hetero) is 1. The van der Waals surface area contributed by atoms with Gasteiger partial charge in [-0.25, -0.2) is 4.98 Å². The summed E-state index contributed by atoms with van der Waals surface area (Å²) < 4.78 is 52.0. The lowest BCUT2D eigenvalue weighted by molar-refractivity contribution is -0.120. The van der Waals surface area contributed by atoms with Crippen molar-refractivity contribution in [1.29, 1.82) is 0 Å². The molecule has 1 atom stereocenters. The third kappa shape index (κ3) is 0.921. The van der Waals surface area contributed by atoms with Crippen molar-refractivity contribution in [3.05, 3.63) is 12.0 Å². The molecular weight excluding hydrogens is 182 g/mol. The highest BCUT2D eigenvalue weighted by Crippen LogP contribution is 2.27. The topological polar surface area (TPSA) is 55.2 Å². The van der Waals surface area contributed by atoms with E-state index >= 15 is 0 Å². The van der Waals surface area contributed by atoms with Gasteiger partial charge in [0, 0.05) is 22.2 Å². The summed E-state index contributed by atoms with van der Waals surface area (Å²) in [5.41, 5.74) is -0.553. The minimum Gasteiger partial charge on any atom is -0.329 e. The van der Waals surface area contributed by atoms with Gasteiger partial charge in [-0.05, 0) is 6.92 Å². The van der Waals surface area contributed by atoms with Gasteiger partial charge in [0.25, 0.3) is 0 Å². The Morgan fingerprint density at radius 2 is 2.36 bits per heavy atom.